The quantitative estimate of drug-likeness (QED) is 0.670. The van der Waals surface area contributed by atoms with Crippen LogP contribution in [0.1, 0.15) is 43.7 Å². The van der Waals surface area contributed by atoms with Crippen LogP contribution in [0, 0.1) is 19.8 Å². The first-order valence-corrected chi connectivity index (χ1v) is 11.8. The average molecular weight is 431 g/mol. The van der Waals surface area contributed by atoms with Crippen molar-refractivity contribution in [3.8, 4) is 0 Å². The second-order valence-electron chi connectivity index (χ2n) is 8.15. The Bertz CT molecular complexity index is 967. The fraction of sp³-hybridized carbons (Fsp3) is 0.435. The maximum atomic E-state index is 12.7. The van der Waals surface area contributed by atoms with E-state index in [0.717, 1.165) is 30.4 Å². The fourth-order valence-corrected chi connectivity index (χ4v) is 5.01. The first-order chi connectivity index (χ1) is 14.2. The van der Waals surface area contributed by atoms with Crippen LogP contribution in [0.25, 0.3) is 0 Å². The summed E-state index contributed by atoms with van der Waals surface area (Å²) in [4.78, 5) is 12.3. The summed E-state index contributed by atoms with van der Waals surface area (Å²) in [6.07, 6.45) is 4.49. The number of anilines is 2. The molecule has 1 aliphatic rings. The minimum atomic E-state index is -3.72. The van der Waals surface area contributed by atoms with E-state index >= 15 is 0 Å². The molecule has 3 rings (SSSR count). The van der Waals surface area contributed by atoms with Crippen LogP contribution in [0.5, 0.6) is 0 Å². The molecule has 1 aliphatic carbocycles. The molecule has 0 heterocycles. The van der Waals surface area contributed by atoms with E-state index in [2.05, 4.69) is 17.0 Å². The summed E-state index contributed by atoms with van der Waals surface area (Å²) >= 11 is 0. The number of ether oxygens (including phenoxy) is 1. The molecular weight excluding hydrogens is 400 g/mol. The molecule has 7 heteroatoms. The lowest BCUT2D eigenvalue weighted by atomic mass is 9.89. The van der Waals surface area contributed by atoms with Gasteiger partial charge in [-0.3, -0.25) is 9.52 Å². The summed E-state index contributed by atoms with van der Waals surface area (Å²) in [5.74, 6) is 0.399. The Morgan fingerprint density at radius 2 is 1.73 bits per heavy atom. The van der Waals surface area contributed by atoms with Gasteiger partial charge >= 0.3 is 0 Å². The van der Waals surface area contributed by atoms with Crippen LogP contribution in [0.3, 0.4) is 0 Å². The van der Waals surface area contributed by atoms with Crippen molar-refractivity contribution in [1.29, 1.82) is 0 Å². The summed E-state index contributed by atoms with van der Waals surface area (Å²) in [5, 5.41) is 2.76. The zero-order valence-corrected chi connectivity index (χ0v) is 18.6. The molecule has 0 spiro atoms. The molecular formula is C23H30N2O4S. The summed E-state index contributed by atoms with van der Waals surface area (Å²) in [6, 6.07) is 11.7. The first kappa shape index (κ1) is 22.3. The van der Waals surface area contributed by atoms with E-state index in [-0.39, 0.29) is 23.5 Å². The van der Waals surface area contributed by atoms with Gasteiger partial charge in [-0.25, -0.2) is 8.42 Å². The molecule has 30 heavy (non-hydrogen) atoms. The highest BCUT2D eigenvalue weighted by Gasteiger charge is 2.20. The van der Waals surface area contributed by atoms with E-state index < -0.39 is 10.0 Å². The number of hydrogen-bond donors (Lipinski definition) is 2. The number of rotatable bonds is 7. The minimum Gasteiger partial charge on any atom is -0.368 e. The van der Waals surface area contributed by atoms with Crippen LogP contribution in [0.4, 0.5) is 11.4 Å². The van der Waals surface area contributed by atoms with Crippen LogP contribution in [0.15, 0.2) is 47.4 Å². The number of carbonyl (C=O) groups is 1. The van der Waals surface area contributed by atoms with Crippen molar-refractivity contribution in [2.45, 2.75) is 57.5 Å². The van der Waals surface area contributed by atoms with Crippen LogP contribution >= 0.6 is 0 Å². The Morgan fingerprint density at radius 1 is 1.07 bits per heavy atom. The van der Waals surface area contributed by atoms with Crippen molar-refractivity contribution in [3.05, 3.63) is 53.6 Å². The Morgan fingerprint density at radius 3 is 2.37 bits per heavy atom. The van der Waals surface area contributed by atoms with E-state index in [4.69, 9.17) is 4.74 Å². The van der Waals surface area contributed by atoms with E-state index in [1.807, 2.05) is 32.0 Å². The zero-order valence-electron chi connectivity index (χ0n) is 17.8. The number of aryl methyl sites for hydroxylation is 2. The molecule has 0 saturated heterocycles. The summed E-state index contributed by atoms with van der Waals surface area (Å²) in [5.41, 5.74) is 2.83. The van der Waals surface area contributed by atoms with E-state index in [1.54, 1.807) is 12.1 Å². The topological polar surface area (TPSA) is 84.5 Å². The highest BCUT2D eigenvalue weighted by Crippen LogP contribution is 2.26. The number of para-hydroxylation sites is 1. The lowest BCUT2D eigenvalue weighted by molar-refractivity contribution is -0.123. The third-order valence-corrected chi connectivity index (χ3v) is 6.87. The molecule has 0 aromatic heterocycles. The normalized spacial score (nSPS) is 19.3. The van der Waals surface area contributed by atoms with Gasteiger partial charge in [0.05, 0.1) is 16.7 Å². The third kappa shape index (κ3) is 5.83. The van der Waals surface area contributed by atoms with Crippen molar-refractivity contribution in [2.24, 2.45) is 5.92 Å². The van der Waals surface area contributed by atoms with Crippen LogP contribution in [-0.4, -0.2) is 27.0 Å². The van der Waals surface area contributed by atoms with Crippen LogP contribution in [-0.2, 0) is 19.6 Å². The molecule has 0 aliphatic heterocycles. The van der Waals surface area contributed by atoms with E-state index in [9.17, 15) is 13.2 Å². The largest absolute Gasteiger partial charge is 0.368 e. The summed E-state index contributed by atoms with van der Waals surface area (Å²) < 4.78 is 33.8. The molecule has 2 unspecified atom stereocenters. The third-order valence-electron chi connectivity index (χ3n) is 5.50. The first-order valence-electron chi connectivity index (χ1n) is 10.3. The lowest BCUT2D eigenvalue weighted by Gasteiger charge is -2.26. The molecule has 0 radical (unpaired) electrons. The molecule has 2 aromatic carbocycles. The molecule has 2 atom stereocenters. The monoisotopic (exact) mass is 430 g/mol. The number of carbonyl (C=O) groups excluding carboxylic acids is 1. The minimum absolute atomic E-state index is 0.00551. The van der Waals surface area contributed by atoms with Crippen LogP contribution in [0.2, 0.25) is 0 Å². The molecule has 2 aromatic rings. The Labute approximate surface area is 179 Å². The zero-order chi connectivity index (χ0) is 21.7. The predicted octanol–water partition coefficient (Wildman–Crippen LogP) is 4.64. The number of nitrogens with one attached hydrogen (secondary N) is 2. The van der Waals surface area contributed by atoms with E-state index in [1.165, 1.54) is 18.6 Å². The molecule has 6 nitrogen and oxygen atoms in total. The SMILES string of the molecule is Cc1cccc(C)c1NS(=O)(=O)c1ccc(NC(=O)COC2CCCC(C)C2)cc1. The highest BCUT2D eigenvalue weighted by atomic mass is 32.2. The Hall–Kier alpha value is -2.38. The number of benzene rings is 2. The number of hydrogen-bond acceptors (Lipinski definition) is 4. The second-order valence-corrected chi connectivity index (χ2v) is 9.83. The van der Waals surface area contributed by atoms with Gasteiger partial charge in [0.2, 0.25) is 5.91 Å². The predicted molar refractivity (Wildman–Crippen MR) is 119 cm³/mol. The van der Waals surface area contributed by atoms with Crippen molar-refractivity contribution >= 4 is 27.3 Å². The molecule has 1 saturated carbocycles. The fourth-order valence-electron chi connectivity index (χ4n) is 3.81. The average Bonchev–Trinajstić information content (AvgIpc) is 2.70. The Balaban J connectivity index is 1.58. The van der Waals surface area contributed by atoms with Gasteiger partial charge in [0, 0.05) is 5.69 Å². The molecule has 1 amide bonds. The standard InChI is InChI=1S/C23H30N2O4S/c1-16-6-4-9-20(14-16)29-15-22(26)24-19-10-12-21(13-11-19)30(27,28)25-23-17(2)7-5-8-18(23)3/h5,7-8,10-13,16,20,25H,4,6,9,14-15H2,1-3H3,(H,24,26). The number of amides is 1. The summed E-state index contributed by atoms with van der Waals surface area (Å²) in [6.45, 7) is 5.94. The lowest BCUT2D eigenvalue weighted by Crippen LogP contribution is -2.27. The van der Waals surface area contributed by atoms with Gasteiger partial charge < -0.3 is 10.1 Å². The van der Waals surface area contributed by atoms with Crippen molar-refractivity contribution in [2.75, 3.05) is 16.6 Å². The highest BCUT2D eigenvalue weighted by molar-refractivity contribution is 7.92. The van der Waals surface area contributed by atoms with Crippen molar-refractivity contribution in [3.63, 3.8) is 0 Å². The Kier molecular flexibility index (Phi) is 7.15. The van der Waals surface area contributed by atoms with Gasteiger partial charge in [-0.15, -0.1) is 0 Å². The van der Waals surface area contributed by atoms with Gasteiger partial charge in [-0.1, -0.05) is 38.0 Å². The second kappa shape index (κ2) is 9.62. The maximum Gasteiger partial charge on any atom is 0.261 e. The molecule has 0 bridgehead atoms. The van der Waals surface area contributed by atoms with Gasteiger partial charge in [0.15, 0.2) is 0 Å². The van der Waals surface area contributed by atoms with Gasteiger partial charge in [-0.2, -0.15) is 0 Å². The smallest absolute Gasteiger partial charge is 0.261 e. The molecule has 2 N–H and O–H groups in total. The van der Waals surface area contributed by atoms with Gasteiger partial charge in [0.25, 0.3) is 10.0 Å². The molecule has 162 valence electrons. The number of sulfonamides is 1. The maximum absolute atomic E-state index is 12.7. The summed E-state index contributed by atoms with van der Waals surface area (Å²) in [7, 11) is -3.72. The van der Waals surface area contributed by atoms with Crippen molar-refractivity contribution in [1.82, 2.24) is 0 Å². The molecule has 1 fully saturated rings. The van der Waals surface area contributed by atoms with Crippen LogP contribution < -0.4 is 10.0 Å². The van der Waals surface area contributed by atoms with E-state index in [0.29, 0.717) is 17.3 Å². The van der Waals surface area contributed by atoms with Gasteiger partial charge in [-0.05, 0) is 68.0 Å². The van der Waals surface area contributed by atoms with Crippen molar-refractivity contribution < 1.29 is 17.9 Å². The van der Waals surface area contributed by atoms with Gasteiger partial charge in [0.1, 0.15) is 6.61 Å².